The first-order chi connectivity index (χ1) is 4.74. The van der Waals surface area contributed by atoms with Gasteiger partial charge in [-0.05, 0) is 19.9 Å². The fourth-order valence-electron chi connectivity index (χ4n) is 0.519. The van der Waals surface area contributed by atoms with E-state index in [1.165, 1.54) is 0 Å². The van der Waals surface area contributed by atoms with Crippen molar-refractivity contribution in [3.05, 3.63) is 23.7 Å². The summed E-state index contributed by atoms with van der Waals surface area (Å²) in [7, 11) is 3.27. The Morgan fingerprint density at radius 1 is 1.20 bits per heavy atom. The van der Waals surface area contributed by atoms with Crippen molar-refractivity contribution in [1.29, 1.82) is 0 Å². The summed E-state index contributed by atoms with van der Waals surface area (Å²) in [5, 5.41) is 0. The Balaban J connectivity index is 4.08. The van der Waals surface area contributed by atoms with E-state index in [1.54, 1.807) is 14.2 Å². The molecule has 0 aromatic rings. The fraction of sp³-hybridized carbons (Fsp3) is 0.500. The van der Waals surface area contributed by atoms with Crippen LogP contribution in [0, 0.1) is 0 Å². The van der Waals surface area contributed by atoms with Crippen LogP contribution in [0.3, 0.4) is 0 Å². The van der Waals surface area contributed by atoms with Crippen molar-refractivity contribution < 1.29 is 9.47 Å². The molecule has 2 nitrogen and oxygen atoms in total. The molecule has 0 amide bonds. The highest BCUT2D eigenvalue weighted by atomic mass is 16.5. The zero-order valence-corrected chi connectivity index (χ0v) is 6.97. The maximum Gasteiger partial charge on any atom is 0.117 e. The molecule has 0 radical (unpaired) electrons. The monoisotopic (exact) mass is 142 g/mol. The van der Waals surface area contributed by atoms with E-state index in [0.29, 0.717) is 0 Å². The lowest BCUT2D eigenvalue weighted by Crippen LogP contribution is -1.85. The second-order valence-corrected chi connectivity index (χ2v) is 1.85. The third kappa shape index (κ3) is 3.17. The summed E-state index contributed by atoms with van der Waals surface area (Å²) in [6, 6.07) is 0. The molecule has 0 spiro atoms. The predicted molar refractivity (Wildman–Crippen MR) is 41.5 cm³/mol. The van der Waals surface area contributed by atoms with Crippen LogP contribution in [-0.2, 0) is 9.47 Å². The maximum absolute atomic E-state index is 4.98. The molecule has 0 saturated heterocycles. The third-order valence-electron chi connectivity index (χ3n) is 1.19. The van der Waals surface area contributed by atoms with Gasteiger partial charge in [-0.15, -0.1) is 0 Å². The second-order valence-electron chi connectivity index (χ2n) is 1.85. The van der Waals surface area contributed by atoms with Gasteiger partial charge < -0.3 is 9.47 Å². The number of ether oxygens (including phenoxy) is 2. The lowest BCUT2D eigenvalue weighted by Gasteiger charge is -2.01. The molecule has 0 aliphatic heterocycles. The Hall–Kier alpha value is -0.920. The normalized spacial score (nSPS) is 13.2. The molecule has 0 aromatic carbocycles. The largest absolute Gasteiger partial charge is 0.501 e. The average molecular weight is 142 g/mol. The molecule has 0 saturated carbocycles. The van der Waals surface area contributed by atoms with Gasteiger partial charge in [-0.3, -0.25) is 0 Å². The zero-order valence-electron chi connectivity index (χ0n) is 6.97. The van der Waals surface area contributed by atoms with Crippen LogP contribution in [0.5, 0.6) is 0 Å². The van der Waals surface area contributed by atoms with Crippen molar-refractivity contribution in [3.8, 4) is 0 Å². The van der Waals surface area contributed by atoms with Gasteiger partial charge in [-0.25, -0.2) is 0 Å². The predicted octanol–water partition coefficient (Wildman–Crippen LogP) is 2.09. The Labute approximate surface area is 62.1 Å². The Morgan fingerprint density at radius 3 is 2.10 bits per heavy atom. The number of rotatable bonds is 3. The minimum atomic E-state index is 0.819. The quantitative estimate of drug-likeness (QED) is 0.443. The molecule has 0 fully saturated rings. The topological polar surface area (TPSA) is 18.5 Å². The molecule has 2 heteroatoms. The van der Waals surface area contributed by atoms with E-state index < -0.39 is 0 Å². The van der Waals surface area contributed by atoms with Crippen LogP contribution < -0.4 is 0 Å². The van der Waals surface area contributed by atoms with Crippen molar-refractivity contribution in [2.75, 3.05) is 14.2 Å². The minimum absolute atomic E-state index is 0.819. The van der Waals surface area contributed by atoms with Crippen LogP contribution in [-0.4, -0.2) is 14.2 Å². The molecule has 0 aromatic heterocycles. The van der Waals surface area contributed by atoms with E-state index in [4.69, 9.17) is 9.47 Å². The summed E-state index contributed by atoms with van der Waals surface area (Å²) in [6.45, 7) is 3.79. The van der Waals surface area contributed by atoms with Gasteiger partial charge in [0.05, 0.1) is 20.0 Å². The van der Waals surface area contributed by atoms with Crippen molar-refractivity contribution in [3.63, 3.8) is 0 Å². The first kappa shape index (κ1) is 9.08. The highest BCUT2D eigenvalue weighted by molar-refractivity contribution is 5.12. The molecule has 0 unspecified atom stereocenters. The van der Waals surface area contributed by atoms with Crippen LogP contribution >= 0.6 is 0 Å². The van der Waals surface area contributed by atoms with Crippen LogP contribution in [0.2, 0.25) is 0 Å². The van der Waals surface area contributed by atoms with E-state index >= 15 is 0 Å². The van der Waals surface area contributed by atoms with E-state index in [1.807, 2.05) is 26.0 Å². The summed E-state index contributed by atoms with van der Waals surface area (Å²) in [5.41, 5.74) is 0. The standard InChI is InChI=1S/C8H14O2/c1-5-8(10-4)6-7(2)9-3/h5-6H,1-4H3. The van der Waals surface area contributed by atoms with Crippen molar-refractivity contribution in [2.24, 2.45) is 0 Å². The molecule has 0 rings (SSSR count). The van der Waals surface area contributed by atoms with Gasteiger partial charge >= 0.3 is 0 Å². The van der Waals surface area contributed by atoms with E-state index in [-0.39, 0.29) is 0 Å². The lowest BCUT2D eigenvalue weighted by atomic mass is 10.4. The summed E-state index contributed by atoms with van der Waals surface area (Å²) >= 11 is 0. The Kier molecular flexibility index (Phi) is 4.46. The Bertz CT molecular complexity index is 145. The van der Waals surface area contributed by atoms with Crippen molar-refractivity contribution >= 4 is 0 Å². The summed E-state index contributed by atoms with van der Waals surface area (Å²) in [6.07, 6.45) is 3.71. The summed E-state index contributed by atoms with van der Waals surface area (Å²) < 4.78 is 9.90. The van der Waals surface area contributed by atoms with Gasteiger partial charge in [0, 0.05) is 6.08 Å². The van der Waals surface area contributed by atoms with E-state index in [9.17, 15) is 0 Å². The molecule has 0 aliphatic rings. The van der Waals surface area contributed by atoms with E-state index in [2.05, 4.69) is 0 Å². The molecule has 10 heavy (non-hydrogen) atoms. The van der Waals surface area contributed by atoms with Gasteiger partial charge in [0.2, 0.25) is 0 Å². The molecular formula is C8H14O2. The van der Waals surface area contributed by atoms with Crippen LogP contribution in [0.4, 0.5) is 0 Å². The van der Waals surface area contributed by atoms with Crippen molar-refractivity contribution in [1.82, 2.24) is 0 Å². The maximum atomic E-state index is 4.98. The third-order valence-corrected chi connectivity index (χ3v) is 1.19. The fourth-order valence-corrected chi connectivity index (χ4v) is 0.519. The van der Waals surface area contributed by atoms with Gasteiger partial charge in [0.15, 0.2) is 0 Å². The van der Waals surface area contributed by atoms with Gasteiger partial charge in [-0.1, -0.05) is 0 Å². The van der Waals surface area contributed by atoms with Gasteiger partial charge in [0.1, 0.15) is 5.76 Å². The molecule has 0 bridgehead atoms. The summed E-state index contributed by atoms with van der Waals surface area (Å²) in [4.78, 5) is 0. The molecule has 0 heterocycles. The van der Waals surface area contributed by atoms with Gasteiger partial charge in [0.25, 0.3) is 0 Å². The van der Waals surface area contributed by atoms with E-state index in [0.717, 1.165) is 11.5 Å². The zero-order chi connectivity index (χ0) is 7.98. The molecule has 0 aliphatic carbocycles. The van der Waals surface area contributed by atoms with Crippen LogP contribution in [0.1, 0.15) is 13.8 Å². The highest BCUT2D eigenvalue weighted by Crippen LogP contribution is 2.02. The van der Waals surface area contributed by atoms with Gasteiger partial charge in [-0.2, -0.15) is 0 Å². The Morgan fingerprint density at radius 2 is 1.80 bits per heavy atom. The smallest absolute Gasteiger partial charge is 0.117 e. The number of hydrogen-bond donors (Lipinski definition) is 0. The summed E-state index contributed by atoms with van der Waals surface area (Å²) in [5.74, 6) is 1.66. The first-order valence-corrected chi connectivity index (χ1v) is 3.17. The van der Waals surface area contributed by atoms with Crippen molar-refractivity contribution in [2.45, 2.75) is 13.8 Å². The number of methoxy groups -OCH3 is 2. The van der Waals surface area contributed by atoms with Crippen LogP contribution in [0.15, 0.2) is 23.7 Å². The number of allylic oxidation sites excluding steroid dienone is 3. The minimum Gasteiger partial charge on any atom is -0.501 e. The molecule has 58 valence electrons. The average Bonchev–Trinajstić information content (AvgIpc) is 1.99. The molecular weight excluding hydrogens is 128 g/mol. The lowest BCUT2D eigenvalue weighted by molar-refractivity contribution is 0.276. The SMILES string of the molecule is CC=C(C=C(C)OC)OC. The molecule has 0 N–H and O–H groups in total. The first-order valence-electron chi connectivity index (χ1n) is 3.17. The molecule has 0 atom stereocenters. The number of hydrogen-bond acceptors (Lipinski definition) is 2. The second kappa shape index (κ2) is 4.91. The van der Waals surface area contributed by atoms with Crippen LogP contribution in [0.25, 0.3) is 0 Å². The highest BCUT2D eigenvalue weighted by Gasteiger charge is 1.89.